The molecule has 0 aliphatic heterocycles. The van der Waals surface area contributed by atoms with Crippen LogP contribution in [0.5, 0.6) is 0 Å². The number of hydrogen-bond donors (Lipinski definition) is 2. The normalized spacial score (nSPS) is 11.9. The topological polar surface area (TPSA) is 89.2 Å². The molecule has 0 unspecified atom stereocenters. The first kappa shape index (κ1) is 13.8. The molecule has 2 aromatic heterocycles. The molecule has 2 aromatic rings. The van der Waals surface area contributed by atoms with Crippen LogP contribution >= 0.6 is 0 Å². The molecule has 2 heterocycles. The largest absolute Gasteiger partial charge is 0.447 e. The lowest BCUT2D eigenvalue weighted by Crippen LogP contribution is -2.18. The van der Waals surface area contributed by atoms with Gasteiger partial charge in [-0.1, -0.05) is 0 Å². The fourth-order valence-corrected chi connectivity index (χ4v) is 2.25. The van der Waals surface area contributed by atoms with Gasteiger partial charge in [-0.25, -0.2) is 13.1 Å². The average Bonchev–Trinajstić information content (AvgIpc) is 3.00. The van der Waals surface area contributed by atoms with E-state index in [1.54, 1.807) is 16.9 Å². The summed E-state index contributed by atoms with van der Waals surface area (Å²) in [6.45, 7) is 1.08. The summed E-state index contributed by atoms with van der Waals surface area (Å²) in [7, 11) is -0.303. The molecule has 0 spiro atoms. The van der Waals surface area contributed by atoms with Crippen molar-refractivity contribution >= 4 is 10.0 Å². The number of hydrogen-bond acceptors (Lipinski definition) is 5. The summed E-state index contributed by atoms with van der Waals surface area (Å²) < 4.78 is 32.2. The molecular weight excluding hydrogens is 268 g/mol. The lowest BCUT2D eigenvalue weighted by molar-refractivity contribution is 0.399. The van der Waals surface area contributed by atoms with E-state index in [1.807, 2.05) is 13.1 Å². The fraction of sp³-hybridized carbons (Fsp3) is 0.364. The van der Waals surface area contributed by atoms with E-state index in [0.29, 0.717) is 18.8 Å². The summed E-state index contributed by atoms with van der Waals surface area (Å²) in [5.74, 6) is 0.566. The Balaban J connectivity index is 1.93. The van der Waals surface area contributed by atoms with Gasteiger partial charge in [-0.2, -0.15) is 5.10 Å². The quantitative estimate of drug-likeness (QED) is 0.791. The standard InChI is InChI=1S/C11H16N4O3S/c1-12-19(16,17)11-4-3-10(18-11)8-13-7-9-5-6-14-15(9)2/h3-6,12-13H,7-8H2,1-2H3. The van der Waals surface area contributed by atoms with Crippen molar-refractivity contribution in [3.8, 4) is 0 Å². The van der Waals surface area contributed by atoms with E-state index in [0.717, 1.165) is 5.69 Å². The molecule has 0 atom stereocenters. The minimum absolute atomic E-state index is 0.0765. The lowest BCUT2D eigenvalue weighted by atomic mass is 10.4. The highest BCUT2D eigenvalue weighted by Gasteiger charge is 2.15. The zero-order chi connectivity index (χ0) is 13.9. The minimum atomic E-state index is -3.51. The summed E-state index contributed by atoms with van der Waals surface area (Å²) in [5, 5.41) is 7.14. The Hall–Kier alpha value is -1.64. The summed E-state index contributed by atoms with van der Waals surface area (Å²) >= 11 is 0. The van der Waals surface area contributed by atoms with Crippen LogP contribution in [0, 0.1) is 0 Å². The monoisotopic (exact) mass is 284 g/mol. The van der Waals surface area contributed by atoms with Gasteiger partial charge in [0.1, 0.15) is 5.76 Å². The van der Waals surface area contributed by atoms with Crippen molar-refractivity contribution in [3.05, 3.63) is 35.9 Å². The van der Waals surface area contributed by atoms with Gasteiger partial charge in [0, 0.05) is 19.8 Å². The Morgan fingerprint density at radius 1 is 1.32 bits per heavy atom. The molecule has 0 amide bonds. The van der Waals surface area contributed by atoms with Crippen molar-refractivity contribution in [2.75, 3.05) is 7.05 Å². The average molecular weight is 284 g/mol. The maximum absolute atomic E-state index is 11.5. The highest BCUT2D eigenvalue weighted by Crippen LogP contribution is 2.13. The molecule has 0 radical (unpaired) electrons. The molecule has 0 aromatic carbocycles. The summed E-state index contributed by atoms with van der Waals surface area (Å²) in [4.78, 5) is 0. The number of aromatic nitrogens is 2. The highest BCUT2D eigenvalue weighted by atomic mass is 32.2. The first-order chi connectivity index (χ1) is 9.03. The van der Waals surface area contributed by atoms with Gasteiger partial charge in [-0.15, -0.1) is 0 Å². The molecule has 0 fully saturated rings. The zero-order valence-corrected chi connectivity index (χ0v) is 11.6. The number of rotatable bonds is 6. The number of furan rings is 1. The number of nitrogens with zero attached hydrogens (tertiary/aromatic N) is 2. The second-order valence-electron chi connectivity index (χ2n) is 3.98. The molecule has 0 saturated heterocycles. The van der Waals surface area contributed by atoms with Gasteiger partial charge in [-0.3, -0.25) is 4.68 Å². The van der Waals surface area contributed by atoms with Crippen LogP contribution in [0.2, 0.25) is 0 Å². The minimum Gasteiger partial charge on any atom is -0.447 e. The molecule has 0 aliphatic rings. The molecule has 19 heavy (non-hydrogen) atoms. The summed E-state index contributed by atoms with van der Waals surface area (Å²) in [6.07, 6.45) is 1.72. The first-order valence-corrected chi connectivity index (χ1v) is 7.21. The van der Waals surface area contributed by atoms with E-state index in [9.17, 15) is 8.42 Å². The van der Waals surface area contributed by atoms with Crippen LogP contribution in [0.3, 0.4) is 0 Å². The van der Waals surface area contributed by atoms with Gasteiger partial charge >= 0.3 is 0 Å². The summed E-state index contributed by atoms with van der Waals surface area (Å²) in [6, 6.07) is 4.99. The van der Waals surface area contributed by atoms with Crippen molar-refractivity contribution in [2.24, 2.45) is 7.05 Å². The number of sulfonamides is 1. The van der Waals surface area contributed by atoms with Crippen LogP contribution in [0.15, 0.2) is 33.9 Å². The van der Waals surface area contributed by atoms with Crippen LogP contribution in [-0.2, 0) is 30.2 Å². The summed E-state index contributed by atoms with van der Waals surface area (Å²) in [5.41, 5.74) is 1.04. The Bertz CT molecular complexity index is 644. The molecule has 2 rings (SSSR count). The third kappa shape index (κ3) is 3.22. The van der Waals surface area contributed by atoms with E-state index >= 15 is 0 Å². The van der Waals surface area contributed by atoms with Gasteiger partial charge in [0.2, 0.25) is 5.09 Å². The Kier molecular flexibility index (Phi) is 4.03. The number of aryl methyl sites for hydroxylation is 1. The van der Waals surface area contributed by atoms with Crippen LogP contribution < -0.4 is 10.0 Å². The smallest absolute Gasteiger partial charge is 0.273 e. The third-order valence-corrected chi connectivity index (χ3v) is 3.98. The van der Waals surface area contributed by atoms with Gasteiger partial charge in [0.25, 0.3) is 10.0 Å². The van der Waals surface area contributed by atoms with Crippen LogP contribution in [-0.4, -0.2) is 25.2 Å². The van der Waals surface area contributed by atoms with Crippen molar-refractivity contribution < 1.29 is 12.8 Å². The van der Waals surface area contributed by atoms with Crippen LogP contribution in [0.4, 0.5) is 0 Å². The van der Waals surface area contributed by atoms with Gasteiger partial charge in [0.05, 0.1) is 12.2 Å². The van der Waals surface area contributed by atoms with Gasteiger partial charge < -0.3 is 9.73 Å². The maximum Gasteiger partial charge on any atom is 0.273 e. The molecule has 0 bridgehead atoms. The zero-order valence-electron chi connectivity index (χ0n) is 10.8. The fourth-order valence-electron chi connectivity index (χ4n) is 1.59. The Morgan fingerprint density at radius 2 is 2.11 bits per heavy atom. The third-order valence-electron chi connectivity index (χ3n) is 2.70. The molecule has 2 N–H and O–H groups in total. The second-order valence-corrected chi connectivity index (χ2v) is 5.80. The first-order valence-electron chi connectivity index (χ1n) is 5.73. The number of nitrogens with one attached hydrogen (secondary N) is 2. The van der Waals surface area contributed by atoms with Crippen LogP contribution in [0.1, 0.15) is 11.5 Å². The lowest BCUT2D eigenvalue weighted by Gasteiger charge is -2.03. The van der Waals surface area contributed by atoms with E-state index in [-0.39, 0.29) is 5.09 Å². The van der Waals surface area contributed by atoms with E-state index in [1.165, 1.54) is 13.1 Å². The molecule has 0 saturated carbocycles. The molecule has 8 heteroatoms. The van der Waals surface area contributed by atoms with Crippen molar-refractivity contribution in [2.45, 2.75) is 18.2 Å². The Labute approximate surface area is 111 Å². The SMILES string of the molecule is CNS(=O)(=O)c1ccc(CNCc2ccnn2C)o1. The highest BCUT2D eigenvalue weighted by molar-refractivity contribution is 7.89. The molecule has 0 aliphatic carbocycles. The molecule has 104 valence electrons. The molecule has 7 nitrogen and oxygen atoms in total. The molecular formula is C11H16N4O3S. The van der Waals surface area contributed by atoms with E-state index < -0.39 is 10.0 Å². The van der Waals surface area contributed by atoms with Crippen molar-refractivity contribution in [1.29, 1.82) is 0 Å². The Morgan fingerprint density at radius 3 is 2.74 bits per heavy atom. The van der Waals surface area contributed by atoms with Gasteiger partial charge in [0.15, 0.2) is 0 Å². The van der Waals surface area contributed by atoms with Crippen molar-refractivity contribution in [1.82, 2.24) is 19.8 Å². The predicted molar refractivity (Wildman–Crippen MR) is 68.7 cm³/mol. The van der Waals surface area contributed by atoms with Gasteiger partial charge in [-0.05, 0) is 25.2 Å². The maximum atomic E-state index is 11.5. The van der Waals surface area contributed by atoms with Crippen molar-refractivity contribution in [3.63, 3.8) is 0 Å². The van der Waals surface area contributed by atoms with Crippen LogP contribution in [0.25, 0.3) is 0 Å². The predicted octanol–water partition coefficient (Wildman–Crippen LogP) is 0.211. The van der Waals surface area contributed by atoms with E-state index in [2.05, 4.69) is 15.1 Å². The second kappa shape index (κ2) is 5.55. The van der Waals surface area contributed by atoms with E-state index in [4.69, 9.17) is 4.42 Å².